The number of rotatable bonds is 3. The minimum atomic E-state index is -3.70. The molecule has 0 saturated carbocycles. The van der Waals surface area contributed by atoms with Crippen molar-refractivity contribution in [2.45, 2.75) is 11.8 Å². The lowest BCUT2D eigenvalue weighted by Gasteiger charge is -2.11. The molecule has 0 fully saturated rings. The SMILES string of the molecule is Cc1cccc(S(=O)(=O)Nc2cnc(Cl)c(Br)c2)c1Br. The molecule has 1 N–H and O–H groups in total. The number of nitrogens with one attached hydrogen (secondary N) is 1. The highest BCUT2D eigenvalue weighted by Crippen LogP contribution is 2.28. The van der Waals surface area contributed by atoms with Gasteiger partial charge in [-0.15, -0.1) is 0 Å². The zero-order valence-electron chi connectivity index (χ0n) is 10.2. The summed E-state index contributed by atoms with van der Waals surface area (Å²) in [5, 5.41) is 0.268. The largest absolute Gasteiger partial charge is 0.278 e. The monoisotopic (exact) mass is 438 g/mol. The molecule has 4 nitrogen and oxygen atoms in total. The molecule has 0 amide bonds. The van der Waals surface area contributed by atoms with E-state index in [2.05, 4.69) is 41.6 Å². The van der Waals surface area contributed by atoms with Crippen LogP contribution in [-0.2, 0) is 10.0 Å². The normalized spacial score (nSPS) is 11.4. The van der Waals surface area contributed by atoms with Gasteiger partial charge in [-0.2, -0.15) is 0 Å². The Kier molecular flexibility index (Phi) is 4.73. The predicted molar refractivity (Wildman–Crippen MR) is 86.6 cm³/mol. The number of pyridine rings is 1. The zero-order chi connectivity index (χ0) is 14.9. The van der Waals surface area contributed by atoms with Crippen molar-refractivity contribution in [2.75, 3.05) is 4.72 Å². The zero-order valence-corrected chi connectivity index (χ0v) is 14.9. The second-order valence-corrected chi connectivity index (χ2v) is 7.65. The van der Waals surface area contributed by atoms with E-state index in [4.69, 9.17) is 11.6 Å². The van der Waals surface area contributed by atoms with E-state index < -0.39 is 10.0 Å². The first-order valence-corrected chi connectivity index (χ1v) is 8.85. The maximum absolute atomic E-state index is 12.4. The molecule has 0 aliphatic heterocycles. The topological polar surface area (TPSA) is 59.1 Å². The Morgan fingerprint density at radius 3 is 2.65 bits per heavy atom. The van der Waals surface area contributed by atoms with Crippen LogP contribution in [0.2, 0.25) is 5.15 Å². The predicted octanol–water partition coefficient (Wildman–Crippen LogP) is 4.37. The van der Waals surface area contributed by atoms with Gasteiger partial charge >= 0.3 is 0 Å². The molecule has 106 valence electrons. The summed E-state index contributed by atoms with van der Waals surface area (Å²) < 4.78 is 28.2. The second kappa shape index (κ2) is 6.01. The molecule has 0 saturated heterocycles. The van der Waals surface area contributed by atoms with Crippen LogP contribution >= 0.6 is 43.5 Å². The van der Waals surface area contributed by atoms with Gasteiger partial charge in [-0.25, -0.2) is 13.4 Å². The standard InChI is InChI=1S/C12H9Br2ClN2O2S/c1-7-3-2-4-10(11(7)14)20(18,19)17-8-5-9(13)12(15)16-6-8/h2-6,17H,1H3. The molecule has 0 aliphatic carbocycles. The van der Waals surface area contributed by atoms with E-state index >= 15 is 0 Å². The highest BCUT2D eigenvalue weighted by molar-refractivity contribution is 9.10. The summed E-state index contributed by atoms with van der Waals surface area (Å²) in [4.78, 5) is 4.05. The van der Waals surface area contributed by atoms with E-state index in [1.165, 1.54) is 12.3 Å². The van der Waals surface area contributed by atoms with E-state index in [0.717, 1.165) is 5.56 Å². The van der Waals surface area contributed by atoms with Gasteiger partial charge in [0, 0.05) is 4.47 Å². The summed E-state index contributed by atoms with van der Waals surface area (Å²) in [5.41, 5.74) is 1.16. The number of hydrogen-bond donors (Lipinski definition) is 1. The third-order valence-corrected chi connectivity index (χ3v) is 6.37. The van der Waals surface area contributed by atoms with Crippen LogP contribution < -0.4 is 4.72 Å². The summed E-state index contributed by atoms with van der Waals surface area (Å²) in [5.74, 6) is 0. The summed E-state index contributed by atoms with van der Waals surface area (Å²) in [7, 11) is -3.70. The number of aromatic nitrogens is 1. The van der Waals surface area contributed by atoms with Crippen LogP contribution in [-0.4, -0.2) is 13.4 Å². The number of hydrogen-bond acceptors (Lipinski definition) is 3. The van der Waals surface area contributed by atoms with Gasteiger partial charge < -0.3 is 0 Å². The molecule has 1 heterocycles. The number of anilines is 1. The van der Waals surface area contributed by atoms with Crippen molar-refractivity contribution < 1.29 is 8.42 Å². The van der Waals surface area contributed by atoms with Gasteiger partial charge in [0.1, 0.15) is 10.0 Å². The summed E-state index contributed by atoms with van der Waals surface area (Å²) >= 11 is 12.3. The van der Waals surface area contributed by atoms with Gasteiger partial charge in [0.2, 0.25) is 0 Å². The van der Waals surface area contributed by atoms with E-state index in [9.17, 15) is 8.42 Å². The third kappa shape index (κ3) is 3.33. The Hall–Kier alpha value is -0.630. The van der Waals surface area contributed by atoms with Crippen molar-refractivity contribution in [3.05, 3.63) is 50.1 Å². The first-order valence-electron chi connectivity index (χ1n) is 5.40. The first-order chi connectivity index (χ1) is 9.31. The molecule has 0 spiro atoms. The van der Waals surface area contributed by atoms with E-state index in [0.29, 0.717) is 14.6 Å². The molecule has 0 atom stereocenters. The van der Waals surface area contributed by atoms with Crippen LogP contribution in [0, 0.1) is 6.92 Å². The van der Waals surface area contributed by atoms with Crippen molar-refractivity contribution >= 4 is 59.2 Å². The van der Waals surface area contributed by atoms with Crippen LogP contribution in [0.5, 0.6) is 0 Å². The Labute approximate surface area is 138 Å². The van der Waals surface area contributed by atoms with Gasteiger partial charge in [0.15, 0.2) is 0 Å². The highest BCUT2D eigenvalue weighted by atomic mass is 79.9. The van der Waals surface area contributed by atoms with Crippen molar-refractivity contribution in [2.24, 2.45) is 0 Å². The minimum Gasteiger partial charge on any atom is -0.278 e. The molecule has 2 aromatic rings. The first kappa shape index (κ1) is 15.8. The third-order valence-electron chi connectivity index (χ3n) is 2.49. The van der Waals surface area contributed by atoms with Crippen LogP contribution in [0.25, 0.3) is 0 Å². The van der Waals surface area contributed by atoms with Crippen molar-refractivity contribution in [1.29, 1.82) is 0 Å². The number of nitrogens with zero attached hydrogens (tertiary/aromatic N) is 1. The van der Waals surface area contributed by atoms with Crippen molar-refractivity contribution in [3.8, 4) is 0 Å². The molecule has 1 aromatic carbocycles. The summed E-state index contributed by atoms with van der Waals surface area (Å²) in [6.07, 6.45) is 1.36. The fourth-order valence-electron chi connectivity index (χ4n) is 1.52. The van der Waals surface area contributed by atoms with E-state index in [1.807, 2.05) is 13.0 Å². The molecule has 20 heavy (non-hydrogen) atoms. The molecule has 0 bridgehead atoms. The molecule has 0 aliphatic rings. The fraction of sp³-hybridized carbons (Fsp3) is 0.0833. The molecular weight excluding hydrogens is 431 g/mol. The van der Waals surface area contributed by atoms with Crippen LogP contribution in [0.1, 0.15) is 5.56 Å². The average molecular weight is 441 g/mol. The lowest BCUT2D eigenvalue weighted by Crippen LogP contribution is -2.14. The van der Waals surface area contributed by atoms with Gasteiger partial charge in [0.25, 0.3) is 10.0 Å². The van der Waals surface area contributed by atoms with Gasteiger partial charge in [-0.3, -0.25) is 4.72 Å². The van der Waals surface area contributed by atoms with E-state index in [1.54, 1.807) is 12.1 Å². The van der Waals surface area contributed by atoms with Crippen LogP contribution in [0.4, 0.5) is 5.69 Å². The molecule has 1 aromatic heterocycles. The van der Waals surface area contributed by atoms with E-state index in [-0.39, 0.29) is 10.0 Å². The van der Waals surface area contributed by atoms with Crippen molar-refractivity contribution in [3.63, 3.8) is 0 Å². The summed E-state index contributed by atoms with van der Waals surface area (Å²) in [6, 6.07) is 6.59. The number of aryl methyl sites for hydroxylation is 1. The van der Waals surface area contributed by atoms with Gasteiger partial charge in [-0.05, 0) is 56.5 Å². The summed E-state index contributed by atoms with van der Waals surface area (Å²) in [6.45, 7) is 1.82. The minimum absolute atomic E-state index is 0.170. The maximum Gasteiger partial charge on any atom is 0.263 e. The lowest BCUT2D eigenvalue weighted by molar-refractivity contribution is 0.600. The van der Waals surface area contributed by atoms with Crippen LogP contribution in [0.3, 0.4) is 0 Å². The quantitative estimate of drug-likeness (QED) is 0.721. The number of halogens is 3. The van der Waals surface area contributed by atoms with Crippen molar-refractivity contribution in [1.82, 2.24) is 4.98 Å². The highest BCUT2D eigenvalue weighted by Gasteiger charge is 2.19. The molecule has 0 radical (unpaired) electrons. The van der Waals surface area contributed by atoms with Gasteiger partial charge in [0.05, 0.1) is 16.4 Å². The molecule has 0 unspecified atom stereocenters. The Morgan fingerprint density at radius 2 is 2.00 bits per heavy atom. The lowest BCUT2D eigenvalue weighted by atomic mass is 10.2. The van der Waals surface area contributed by atoms with Crippen LogP contribution in [0.15, 0.2) is 44.3 Å². The molecular formula is C12H9Br2ClN2O2S. The van der Waals surface area contributed by atoms with Gasteiger partial charge in [-0.1, -0.05) is 23.7 Å². The maximum atomic E-state index is 12.4. The smallest absolute Gasteiger partial charge is 0.263 e. The Morgan fingerprint density at radius 1 is 1.30 bits per heavy atom. The number of sulfonamides is 1. The second-order valence-electron chi connectivity index (χ2n) is 3.99. The average Bonchev–Trinajstić information content (AvgIpc) is 2.36. The fourth-order valence-corrected chi connectivity index (χ4v) is 4.06. The Balaban J connectivity index is 2.41. The Bertz CT molecular complexity index is 766. The molecule has 8 heteroatoms. The molecule has 2 rings (SSSR count). The number of benzene rings is 1.